The molecule has 2 aromatic heterocycles. The fraction of sp³-hybridized carbons (Fsp3) is 0. The van der Waals surface area contributed by atoms with Crippen molar-refractivity contribution in [3.63, 3.8) is 0 Å². The van der Waals surface area contributed by atoms with Crippen molar-refractivity contribution >= 4 is 32.6 Å². The first-order chi connectivity index (χ1) is 8.42. The van der Waals surface area contributed by atoms with E-state index < -0.39 is 0 Å². The summed E-state index contributed by atoms with van der Waals surface area (Å²) < 4.78 is 5.61. The van der Waals surface area contributed by atoms with E-state index in [4.69, 9.17) is 4.42 Å². The second-order valence-corrected chi connectivity index (χ2v) is 4.18. The largest absolute Gasteiger partial charge is 0.464 e. The predicted octanol–water partition coefficient (Wildman–Crippen LogP) is 4.13. The van der Waals surface area contributed by atoms with Gasteiger partial charge in [0.2, 0.25) is 0 Å². The summed E-state index contributed by atoms with van der Waals surface area (Å²) in [5.41, 5.74) is 1.88. The van der Waals surface area contributed by atoms with Gasteiger partial charge in [-0.15, -0.1) is 0 Å². The summed E-state index contributed by atoms with van der Waals surface area (Å²) in [6.07, 6.45) is 3.56. The van der Waals surface area contributed by atoms with Crippen LogP contribution < -0.4 is 0 Å². The average Bonchev–Trinajstić information content (AvgIpc) is 2.83. The second-order valence-electron chi connectivity index (χ2n) is 4.18. The molecule has 0 aliphatic carbocycles. The van der Waals surface area contributed by atoms with E-state index in [0.717, 1.165) is 21.9 Å². The standard InChI is InChI=1S/C15H9NO/c1-3-10-7-13-14(8-11(10)4-1)16-9-12-5-2-6-17-15(12)13/h1-9H. The Kier molecular flexibility index (Phi) is 1.59. The van der Waals surface area contributed by atoms with E-state index in [9.17, 15) is 0 Å². The van der Waals surface area contributed by atoms with E-state index >= 15 is 0 Å². The second kappa shape index (κ2) is 3.08. The molecule has 0 fully saturated rings. The Labute approximate surface area is 97.5 Å². The summed E-state index contributed by atoms with van der Waals surface area (Å²) in [6, 6.07) is 14.4. The third-order valence-corrected chi connectivity index (χ3v) is 3.14. The molecule has 0 saturated heterocycles. The summed E-state index contributed by atoms with van der Waals surface area (Å²) in [7, 11) is 0. The highest BCUT2D eigenvalue weighted by atomic mass is 16.3. The van der Waals surface area contributed by atoms with Crippen molar-refractivity contribution in [1.29, 1.82) is 0 Å². The van der Waals surface area contributed by atoms with Crippen LogP contribution in [0.4, 0.5) is 0 Å². The van der Waals surface area contributed by atoms with Crippen LogP contribution in [0.15, 0.2) is 59.3 Å². The summed E-state index contributed by atoms with van der Waals surface area (Å²) in [5, 5.41) is 4.55. The molecule has 0 aliphatic heterocycles. The Morgan fingerprint density at radius 3 is 2.65 bits per heavy atom. The van der Waals surface area contributed by atoms with Gasteiger partial charge in [-0.3, -0.25) is 4.98 Å². The topological polar surface area (TPSA) is 26.0 Å². The number of fused-ring (bicyclic) bond motifs is 4. The maximum atomic E-state index is 5.61. The lowest BCUT2D eigenvalue weighted by atomic mass is 10.1. The van der Waals surface area contributed by atoms with Crippen LogP contribution >= 0.6 is 0 Å². The van der Waals surface area contributed by atoms with Crippen molar-refractivity contribution in [2.24, 2.45) is 0 Å². The van der Waals surface area contributed by atoms with Crippen molar-refractivity contribution in [3.05, 3.63) is 54.9 Å². The SMILES string of the molecule is c1cc2cc3ncc4cccoc4c3cc2c1. The zero-order valence-corrected chi connectivity index (χ0v) is 9.05. The number of hydrogen-bond acceptors (Lipinski definition) is 2. The number of pyridine rings is 1. The van der Waals surface area contributed by atoms with E-state index in [1.165, 1.54) is 10.8 Å². The molecule has 2 nitrogen and oxygen atoms in total. The Morgan fingerprint density at radius 2 is 1.71 bits per heavy atom. The smallest absolute Gasteiger partial charge is 0.144 e. The first kappa shape index (κ1) is 8.76. The lowest BCUT2D eigenvalue weighted by Gasteiger charge is -2.02. The van der Waals surface area contributed by atoms with Gasteiger partial charge in [0.05, 0.1) is 11.8 Å². The highest BCUT2D eigenvalue weighted by Gasteiger charge is 2.05. The fourth-order valence-corrected chi connectivity index (χ4v) is 2.31. The van der Waals surface area contributed by atoms with Crippen LogP contribution in [-0.4, -0.2) is 4.98 Å². The molecule has 4 rings (SSSR count). The molecule has 0 saturated carbocycles. The molecule has 0 spiro atoms. The summed E-state index contributed by atoms with van der Waals surface area (Å²) in [4.78, 5) is 4.48. The van der Waals surface area contributed by atoms with Gasteiger partial charge in [0.1, 0.15) is 5.58 Å². The van der Waals surface area contributed by atoms with Crippen molar-refractivity contribution in [3.8, 4) is 0 Å². The first-order valence-corrected chi connectivity index (χ1v) is 5.56. The van der Waals surface area contributed by atoms with Gasteiger partial charge in [-0.25, -0.2) is 0 Å². The van der Waals surface area contributed by atoms with E-state index in [1.807, 2.05) is 18.3 Å². The van der Waals surface area contributed by atoms with Crippen LogP contribution in [-0.2, 0) is 0 Å². The molecule has 2 heterocycles. The lowest BCUT2D eigenvalue weighted by molar-refractivity contribution is 0.607. The van der Waals surface area contributed by atoms with Gasteiger partial charge in [-0.05, 0) is 35.0 Å². The molecule has 2 heteroatoms. The minimum atomic E-state index is 0.903. The third kappa shape index (κ3) is 1.18. The van der Waals surface area contributed by atoms with E-state index in [0.29, 0.717) is 0 Å². The van der Waals surface area contributed by atoms with Gasteiger partial charge in [0, 0.05) is 17.0 Å². The zero-order valence-electron chi connectivity index (χ0n) is 9.05. The van der Waals surface area contributed by atoms with Crippen LogP contribution in [0.2, 0.25) is 0 Å². The molecule has 4 aromatic rings. The van der Waals surface area contributed by atoms with E-state index in [1.54, 1.807) is 6.26 Å². The molecular weight excluding hydrogens is 210 g/mol. The quantitative estimate of drug-likeness (QED) is 0.415. The van der Waals surface area contributed by atoms with E-state index in [-0.39, 0.29) is 0 Å². The molecule has 0 unspecified atom stereocenters. The van der Waals surface area contributed by atoms with Crippen LogP contribution in [0, 0.1) is 0 Å². The third-order valence-electron chi connectivity index (χ3n) is 3.14. The van der Waals surface area contributed by atoms with Gasteiger partial charge >= 0.3 is 0 Å². The summed E-state index contributed by atoms with van der Waals surface area (Å²) in [6.45, 7) is 0. The Balaban J connectivity index is 2.30. The number of aromatic nitrogens is 1. The lowest BCUT2D eigenvalue weighted by Crippen LogP contribution is -1.81. The van der Waals surface area contributed by atoms with Gasteiger partial charge in [-0.2, -0.15) is 0 Å². The van der Waals surface area contributed by atoms with Crippen molar-refractivity contribution in [1.82, 2.24) is 4.98 Å². The van der Waals surface area contributed by atoms with Crippen LogP contribution in [0.3, 0.4) is 0 Å². The van der Waals surface area contributed by atoms with Crippen LogP contribution in [0.25, 0.3) is 32.6 Å². The van der Waals surface area contributed by atoms with E-state index in [2.05, 4.69) is 35.3 Å². The van der Waals surface area contributed by atoms with Gasteiger partial charge in [0.25, 0.3) is 0 Å². The molecule has 0 N–H and O–H groups in total. The zero-order chi connectivity index (χ0) is 11.2. The minimum absolute atomic E-state index is 0.903. The Morgan fingerprint density at radius 1 is 0.882 bits per heavy atom. The van der Waals surface area contributed by atoms with Gasteiger partial charge in [-0.1, -0.05) is 18.2 Å². The normalized spacial score (nSPS) is 11.5. The highest BCUT2D eigenvalue weighted by molar-refractivity contribution is 6.07. The average molecular weight is 219 g/mol. The molecule has 0 aliphatic rings. The minimum Gasteiger partial charge on any atom is -0.464 e. The number of nitrogens with zero attached hydrogens (tertiary/aromatic N) is 1. The molecule has 2 aromatic carbocycles. The molecule has 0 atom stereocenters. The number of rotatable bonds is 0. The maximum Gasteiger partial charge on any atom is 0.144 e. The number of benzene rings is 1. The fourth-order valence-electron chi connectivity index (χ4n) is 2.31. The summed E-state index contributed by atoms with van der Waals surface area (Å²) >= 11 is 0. The van der Waals surface area contributed by atoms with Crippen LogP contribution in [0.1, 0.15) is 0 Å². The Hall–Kier alpha value is -2.35. The van der Waals surface area contributed by atoms with Crippen LogP contribution in [0.5, 0.6) is 0 Å². The number of hydrogen-bond donors (Lipinski definition) is 0. The molecule has 0 radical (unpaired) electrons. The highest BCUT2D eigenvalue weighted by Crippen LogP contribution is 2.28. The van der Waals surface area contributed by atoms with Crippen molar-refractivity contribution in [2.75, 3.05) is 0 Å². The first-order valence-electron chi connectivity index (χ1n) is 5.56. The van der Waals surface area contributed by atoms with Gasteiger partial charge < -0.3 is 4.42 Å². The monoisotopic (exact) mass is 219 g/mol. The maximum absolute atomic E-state index is 5.61. The molecule has 80 valence electrons. The molecule has 0 amide bonds. The van der Waals surface area contributed by atoms with Crippen molar-refractivity contribution < 1.29 is 4.42 Å². The van der Waals surface area contributed by atoms with Crippen molar-refractivity contribution in [2.45, 2.75) is 0 Å². The Bertz CT molecular complexity index is 845. The molecular formula is C15H9NO. The molecule has 0 bridgehead atoms. The predicted molar refractivity (Wildman–Crippen MR) is 69.0 cm³/mol. The molecule has 17 heavy (non-hydrogen) atoms. The summed E-state index contributed by atoms with van der Waals surface area (Å²) in [5.74, 6) is 0. The van der Waals surface area contributed by atoms with Gasteiger partial charge in [0.15, 0.2) is 0 Å².